The van der Waals surface area contributed by atoms with E-state index in [1.54, 1.807) is 16.5 Å². The summed E-state index contributed by atoms with van der Waals surface area (Å²) in [7, 11) is 0. The Morgan fingerprint density at radius 2 is 2.00 bits per heavy atom. The molecule has 1 atom stereocenters. The number of carbonyl (C=O) groups excluding carboxylic acids is 2. The fraction of sp³-hybridized carbons (Fsp3) is 0.550. The van der Waals surface area contributed by atoms with Crippen molar-refractivity contribution < 1.29 is 14.3 Å². The number of ether oxygens (including phenoxy) is 1. The summed E-state index contributed by atoms with van der Waals surface area (Å²) in [4.78, 5) is 26.6. The summed E-state index contributed by atoms with van der Waals surface area (Å²) < 4.78 is 6.77. The van der Waals surface area contributed by atoms with Gasteiger partial charge in [0.1, 0.15) is 6.04 Å². The van der Waals surface area contributed by atoms with Crippen LogP contribution in [-0.2, 0) is 14.3 Å². The lowest BCUT2D eigenvalue weighted by Gasteiger charge is -2.33. The Morgan fingerprint density at radius 3 is 2.69 bits per heavy atom. The van der Waals surface area contributed by atoms with Gasteiger partial charge in [0.05, 0.1) is 18.0 Å². The molecule has 3 rings (SSSR count). The first-order valence-corrected chi connectivity index (χ1v) is 11.0. The summed E-state index contributed by atoms with van der Waals surface area (Å²) in [6.07, 6.45) is 2.46. The molecule has 0 N–H and O–H groups in total. The minimum atomic E-state index is -0.489. The van der Waals surface area contributed by atoms with E-state index in [1.807, 2.05) is 12.1 Å². The van der Waals surface area contributed by atoms with Crippen LogP contribution in [0.5, 0.6) is 0 Å². The molecule has 8 nitrogen and oxygen atoms in total. The number of tetrazole rings is 1. The van der Waals surface area contributed by atoms with Gasteiger partial charge >= 0.3 is 5.97 Å². The normalized spacial score (nSPS) is 16.8. The van der Waals surface area contributed by atoms with Crippen LogP contribution >= 0.6 is 11.8 Å². The molecule has 1 fully saturated rings. The number of amides is 1. The van der Waals surface area contributed by atoms with Crippen LogP contribution in [0.1, 0.15) is 51.5 Å². The van der Waals surface area contributed by atoms with E-state index in [0.29, 0.717) is 30.6 Å². The summed E-state index contributed by atoms with van der Waals surface area (Å²) >= 11 is 1.27. The summed E-state index contributed by atoms with van der Waals surface area (Å²) in [5.74, 6) is 0.194. The Morgan fingerprint density at radius 1 is 1.24 bits per heavy atom. The van der Waals surface area contributed by atoms with Crippen molar-refractivity contribution in [3.63, 3.8) is 0 Å². The van der Waals surface area contributed by atoms with Crippen molar-refractivity contribution in [1.29, 1.82) is 0 Å². The van der Waals surface area contributed by atoms with Crippen molar-refractivity contribution in [2.45, 2.75) is 57.1 Å². The van der Waals surface area contributed by atoms with Gasteiger partial charge < -0.3 is 9.64 Å². The number of hydrogen-bond acceptors (Lipinski definition) is 7. The molecule has 156 valence electrons. The Balaban J connectivity index is 1.66. The molecule has 1 amide bonds. The number of nitrogens with zero attached hydrogens (tertiary/aromatic N) is 5. The molecule has 0 radical (unpaired) electrons. The number of hydrogen-bond donors (Lipinski definition) is 0. The first-order chi connectivity index (χ1) is 14.0. The topological polar surface area (TPSA) is 90.2 Å². The summed E-state index contributed by atoms with van der Waals surface area (Å²) in [5, 5.41) is 12.4. The van der Waals surface area contributed by atoms with Crippen LogP contribution in [0.4, 0.5) is 0 Å². The predicted octanol–water partition coefficient (Wildman–Crippen LogP) is 2.82. The molecular weight excluding hydrogens is 390 g/mol. The summed E-state index contributed by atoms with van der Waals surface area (Å²) in [5.41, 5.74) is 2.08. The predicted molar refractivity (Wildman–Crippen MR) is 110 cm³/mol. The lowest BCUT2D eigenvalue weighted by Crippen LogP contribution is -2.49. The average Bonchev–Trinajstić information content (AvgIpc) is 3.21. The van der Waals surface area contributed by atoms with Crippen LogP contribution in [0.2, 0.25) is 0 Å². The zero-order valence-corrected chi connectivity index (χ0v) is 17.9. The molecule has 1 aromatic carbocycles. The van der Waals surface area contributed by atoms with Crippen LogP contribution in [0.3, 0.4) is 0 Å². The van der Waals surface area contributed by atoms with Gasteiger partial charge in [0.2, 0.25) is 11.1 Å². The lowest BCUT2D eigenvalue weighted by molar-refractivity contribution is -0.155. The zero-order valence-electron chi connectivity index (χ0n) is 17.1. The Kier molecular flexibility index (Phi) is 7.24. The summed E-state index contributed by atoms with van der Waals surface area (Å²) in [6, 6.07) is 7.56. The monoisotopic (exact) mass is 417 g/mol. The maximum atomic E-state index is 12.8. The van der Waals surface area contributed by atoms with Gasteiger partial charge in [0.15, 0.2) is 0 Å². The van der Waals surface area contributed by atoms with E-state index < -0.39 is 6.04 Å². The maximum absolute atomic E-state index is 12.8. The highest BCUT2D eigenvalue weighted by atomic mass is 32.2. The first kappa shape index (κ1) is 21.3. The quantitative estimate of drug-likeness (QED) is 0.505. The molecule has 9 heteroatoms. The van der Waals surface area contributed by atoms with Gasteiger partial charge in [-0.3, -0.25) is 4.79 Å². The SMILES string of the molecule is CCOC(=O)[C@@H]1CCCCN1C(=O)CSc1nnnn1-c1ccc(C(C)C)cc1. The smallest absolute Gasteiger partial charge is 0.328 e. The Bertz CT molecular complexity index is 837. The van der Waals surface area contributed by atoms with Crippen LogP contribution in [0.15, 0.2) is 29.4 Å². The zero-order chi connectivity index (χ0) is 20.8. The van der Waals surface area contributed by atoms with Gasteiger partial charge in [-0.05, 0) is 60.2 Å². The second-order valence-electron chi connectivity index (χ2n) is 7.26. The molecule has 1 aliphatic rings. The van der Waals surface area contributed by atoms with E-state index >= 15 is 0 Å². The van der Waals surface area contributed by atoms with Crippen molar-refractivity contribution in [3.8, 4) is 5.69 Å². The summed E-state index contributed by atoms with van der Waals surface area (Å²) in [6.45, 7) is 6.95. The molecule has 0 unspecified atom stereocenters. The van der Waals surface area contributed by atoms with Gasteiger partial charge in [-0.15, -0.1) is 5.10 Å². The Hall–Kier alpha value is -2.42. The van der Waals surface area contributed by atoms with Crippen LogP contribution in [-0.4, -0.2) is 61.9 Å². The molecule has 1 aliphatic heterocycles. The third kappa shape index (κ3) is 5.14. The maximum Gasteiger partial charge on any atom is 0.328 e. The van der Waals surface area contributed by atoms with Gasteiger partial charge in [-0.2, -0.15) is 4.68 Å². The van der Waals surface area contributed by atoms with E-state index in [2.05, 4.69) is 41.5 Å². The molecule has 0 bridgehead atoms. The van der Waals surface area contributed by atoms with E-state index in [-0.39, 0.29) is 17.6 Å². The second-order valence-corrected chi connectivity index (χ2v) is 8.20. The molecule has 0 saturated carbocycles. The lowest BCUT2D eigenvalue weighted by atomic mass is 10.0. The fourth-order valence-corrected chi connectivity index (χ4v) is 4.13. The average molecular weight is 418 g/mol. The largest absolute Gasteiger partial charge is 0.464 e. The highest BCUT2D eigenvalue weighted by Gasteiger charge is 2.33. The van der Waals surface area contributed by atoms with E-state index in [0.717, 1.165) is 18.5 Å². The molecule has 2 aromatic rings. The number of likely N-dealkylation sites (tertiary alicyclic amines) is 1. The molecule has 0 spiro atoms. The third-order valence-electron chi connectivity index (χ3n) is 4.95. The molecule has 29 heavy (non-hydrogen) atoms. The third-order valence-corrected chi connectivity index (χ3v) is 5.86. The number of carbonyl (C=O) groups is 2. The van der Waals surface area contributed by atoms with Crippen LogP contribution in [0.25, 0.3) is 5.69 Å². The van der Waals surface area contributed by atoms with Crippen LogP contribution in [0, 0.1) is 0 Å². The van der Waals surface area contributed by atoms with Gasteiger partial charge in [-0.1, -0.05) is 37.7 Å². The number of esters is 1. The van der Waals surface area contributed by atoms with Crippen molar-refractivity contribution in [2.24, 2.45) is 0 Å². The number of aromatic nitrogens is 4. The van der Waals surface area contributed by atoms with E-state index in [4.69, 9.17) is 4.74 Å². The van der Waals surface area contributed by atoms with Crippen molar-refractivity contribution >= 4 is 23.6 Å². The highest BCUT2D eigenvalue weighted by molar-refractivity contribution is 7.99. The highest BCUT2D eigenvalue weighted by Crippen LogP contribution is 2.23. The Labute approximate surface area is 175 Å². The first-order valence-electron chi connectivity index (χ1n) is 9.99. The number of rotatable bonds is 7. The second kappa shape index (κ2) is 9.87. The van der Waals surface area contributed by atoms with E-state index in [1.165, 1.54) is 17.3 Å². The van der Waals surface area contributed by atoms with Crippen molar-refractivity contribution in [1.82, 2.24) is 25.1 Å². The molecule has 2 heterocycles. The number of piperidine rings is 1. The van der Waals surface area contributed by atoms with Crippen LogP contribution < -0.4 is 0 Å². The standard InChI is InChI=1S/C20H27N5O3S/c1-4-28-19(27)17-7-5-6-12-24(17)18(26)13-29-20-21-22-23-25(20)16-10-8-15(9-11-16)14(2)3/h8-11,14,17H,4-7,12-13H2,1-3H3/t17-/m0/s1. The van der Waals surface area contributed by atoms with Gasteiger partial charge in [0.25, 0.3) is 0 Å². The minimum Gasteiger partial charge on any atom is -0.464 e. The van der Waals surface area contributed by atoms with E-state index in [9.17, 15) is 9.59 Å². The molecule has 1 saturated heterocycles. The van der Waals surface area contributed by atoms with Gasteiger partial charge in [0, 0.05) is 6.54 Å². The number of thioether (sulfide) groups is 1. The van der Waals surface area contributed by atoms with Crippen molar-refractivity contribution in [3.05, 3.63) is 29.8 Å². The molecular formula is C20H27N5O3S. The minimum absolute atomic E-state index is 0.0996. The fourth-order valence-electron chi connectivity index (χ4n) is 3.35. The van der Waals surface area contributed by atoms with Crippen molar-refractivity contribution in [2.75, 3.05) is 18.9 Å². The van der Waals surface area contributed by atoms with Gasteiger partial charge in [-0.25, -0.2) is 4.79 Å². The molecule has 0 aliphatic carbocycles. The number of benzene rings is 1. The molecule has 1 aromatic heterocycles.